The molecule has 0 bridgehead atoms. The molecule has 1 aromatic heterocycles. The molecule has 0 amide bonds. The van der Waals surface area contributed by atoms with Gasteiger partial charge in [-0.25, -0.2) is 4.39 Å². The van der Waals surface area contributed by atoms with Crippen LogP contribution in [0.1, 0.15) is 29.9 Å². The summed E-state index contributed by atoms with van der Waals surface area (Å²) in [6, 6.07) is 6.01. The molecule has 0 saturated heterocycles. The average Bonchev–Trinajstić information content (AvgIpc) is 2.95. The number of aliphatic imine (C=N–C) groups is 1. The van der Waals surface area contributed by atoms with E-state index < -0.39 is 0 Å². The van der Waals surface area contributed by atoms with Gasteiger partial charge in [0.1, 0.15) is 23.9 Å². The monoisotopic (exact) mass is 490 g/mol. The molecule has 1 N–H and O–H groups in total. The largest absolute Gasteiger partial charge is 0.492 e. The molecule has 27 heavy (non-hydrogen) atoms. The minimum atomic E-state index is -0.272. The third-order valence-corrected chi connectivity index (χ3v) is 4.23. The predicted octanol–water partition coefficient (Wildman–Crippen LogP) is 3.74. The summed E-state index contributed by atoms with van der Waals surface area (Å²) < 4.78 is 23.8. The van der Waals surface area contributed by atoms with E-state index in [9.17, 15) is 4.39 Å². The molecule has 8 heteroatoms. The van der Waals surface area contributed by atoms with E-state index in [1.165, 1.54) is 12.1 Å². The number of nitrogens with one attached hydrogen (secondary N) is 1. The fourth-order valence-corrected chi connectivity index (χ4v) is 2.86. The summed E-state index contributed by atoms with van der Waals surface area (Å²) in [5.41, 5.74) is 2.06. The lowest BCUT2D eigenvalue weighted by atomic mass is 10.00. The van der Waals surface area contributed by atoms with Gasteiger partial charge in [-0.3, -0.25) is 4.99 Å². The van der Waals surface area contributed by atoms with Crippen molar-refractivity contribution >= 4 is 29.9 Å². The smallest absolute Gasteiger partial charge is 0.193 e. The highest BCUT2D eigenvalue weighted by Gasteiger charge is 2.17. The number of likely N-dealkylation sites (N-methyl/N-ethyl adjacent to an activating group) is 1. The summed E-state index contributed by atoms with van der Waals surface area (Å²) in [5, 5.41) is 7.38. The van der Waals surface area contributed by atoms with E-state index in [0.29, 0.717) is 18.9 Å². The second kappa shape index (κ2) is 11.1. The van der Waals surface area contributed by atoms with E-state index in [-0.39, 0.29) is 35.7 Å². The van der Waals surface area contributed by atoms with Gasteiger partial charge in [0.25, 0.3) is 0 Å². The van der Waals surface area contributed by atoms with Crippen LogP contribution in [0.5, 0.6) is 5.75 Å². The lowest BCUT2D eigenvalue weighted by Crippen LogP contribution is -2.42. The Kier molecular flexibility index (Phi) is 9.54. The molecule has 0 aliphatic rings. The van der Waals surface area contributed by atoms with Crippen LogP contribution in [0.15, 0.2) is 33.8 Å². The molecule has 0 radical (unpaired) electrons. The molecule has 6 nitrogen and oxygen atoms in total. The quantitative estimate of drug-likeness (QED) is 0.364. The van der Waals surface area contributed by atoms with Crippen LogP contribution in [0.25, 0.3) is 0 Å². The highest BCUT2D eigenvalue weighted by atomic mass is 127. The first-order valence-electron chi connectivity index (χ1n) is 8.65. The van der Waals surface area contributed by atoms with Crippen LogP contribution < -0.4 is 10.1 Å². The third kappa shape index (κ3) is 6.67. The molecule has 1 atom stereocenters. The second-order valence-electron chi connectivity index (χ2n) is 6.29. The van der Waals surface area contributed by atoms with E-state index in [2.05, 4.69) is 22.4 Å². The van der Waals surface area contributed by atoms with Crippen molar-refractivity contribution in [1.29, 1.82) is 0 Å². The van der Waals surface area contributed by atoms with E-state index in [1.807, 2.05) is 25.8 Å². The Morgan fingerprint density at radius 3 is 2.56 bits per heavy atom. The molecule has 2 rings (SSSR count). The highest BCUT2D eigenvalue weighted by molar-refractivity contribution is 14.0. The van der Waals surface area contributed by atoms with Crippen molar-refractivity contribution in [1.82, 2.24) is 15.4 Å². The number of aryl methyl sites for hydroxylation is 2. The fourth-order valence-electron chi connectivity index (χ4n) is 2.86. The summed E-state index contributed by atoms with van der Waals surface area (Å²) in [4.78, 5) is 6.30. The van der Waals surface area contributed by atoms with Crippen LogP contribution in [0, 0.1) is 19.7 Å². The molecule has 2 aromatic rings. The molecule has 0 spiro atoms. The van der Waals surface area contributed by atoms with Crippen molar-refractivity contribution in [3.05, 3.63) is 47.1 Å². The summed E-state index contributed by atoms with van der Waals surface area (Å²) in [6.45, 7) is 7.86. The molecule has 0 aliphatic heterocycles. The number of halogens is 2. The van der Waals surface area contributed by atoms with Crippen LogP contribution in [0.4, 0.5) is 4.39 Å². The zero-order valence-corrected chi connectivity index (χ0v) is 18.8. The maximum atomic E-state index is 12.9. The van der Waals surface area contributed by atoms with Crippen molar-refractivity contribution in [3.63, 3.8) is 0 Å². The fraction of sp³-hybridized carbons (Fsp3) is 0.474. The summed E-state index contributed by atoms with van der Waals surface area (Å²) in [6.07, 6.45) is 0. The van der Waals surface area contributed by atoms with E-state index >= 15 is 0 Å². The SMILES string of the molecule is CN=C(NCC(C)c1c(C)noc1C)N(C)CCOc1ccc(F)cc1.I. The highest BCUT2D eigenvalue weighted by Crippen LogP contribution is 2.22. The summed E-state index contributed by atoms with van der Waals surface area (Å²) in [7, 11) is 3.70. The molecule has 0 aliphatic carbocycles. The Labute approximate surface area is 177 Å². The van der Waals surface area contributed by atoms with Gasteiger partial charge >= 0.3 is 0 Å². The van der Waals surface area contributed by atoms with Crippen molar-refractivity contribution < 1.29 is 13.7 Å². The van der Waals surface area contributed by atoms with Gasteiger partial charge in [-0.1, -0.05) is 12.1 Å². The van der Waals surface area contributed by atoms with Gasteiger partial charge in [-0.05, 0) is 38.1 Å². The van der Waals surface area contributed by atoms with Crippen molar-refractivity contribution in [2.24, 2.45) is 4.99 Å². The van der Waals surface area contributed by atoms with E-state index in [4.69, 9.17) is 9.26 Å². The predicted molar refractivity (Wildman–Crippen MR) is 116 cm³/mol. The van der Waals surface area contributed by atoms with Gasteiger partial charge in [0, 0.05) is 32.1 Å². The normalized spacial score (nSPS) is 12.3. The van der Waals surface area contributed by atoms with E-state index in [1.54, 1.807) is 19.2 Å². The summed E-state index contributed by atoms with van der Waals surface area (Å²) in [5.74, 6) is 2.27. The van der Waals surface area contributed by atoms with Crippen molar-refractivity contribution in [2.45, 2.75) is 26.7 Å². The Balaban J connectivity index is 0.00000364. The Bertz CT molecular complexity index is 714. The van der Waals surface area contributed by atoms with Crippen LogP contribution in [-0.4, -0.2) is 49.8 Å². The molecule has 1 unspecified atom stereocenters. The second-order valence-corrected chi connectivity index (χ2v) is 6.29. The molecule has 0 saturated carbocycles. The first kappa shape index (κ1) is 23.2. The van der Waals surface area contributed by atoms with Crippen molar-refractivity contribution in [2.75, 3.05) is 33.8 Å². The lowest BCUT2D eigenvalue weighted by Gasteiger charge is -2.23. The average molecular weight is 490 g/mol. The van der Waals surface area contributed by atoms with Gasteiger partial charge in [0.15, 0.2) is 5.96 Å². The van der Waals surface area contributed by atoms with Gasteiger partial charge < -0.3 is 19.5 Å². The standard InChI is InChI=1S/C19H27FN4O2.HI/c1-13(18-14(2)23-26-15(18)3)12-22-19(21-4)24(5)10-11-25-17-8-6-16(20)7-9-17;/h6-9,13H,10-12H2,1-5H3,(H,21,22);1H. The number of benzene rings is 1. The first-order chi connectivity index (χ1) is 12.4. The molecular formula is C19H28FIN4O2. The van der Waals surface area contributed by atoms with Gasteiger partial charge in [-0.2, -0.15) is 0 Å². The third-order valence-electron chi connectivity index (χ3n) is 4.23. The van der Waals surface area contributed by atoms with Crippen molar-refractivity contribution in [3.8, 4) is 5.75 Å². The number of guanidine groups is 1. The van der Waals surface area contributed by atoms with Crippen LogP contribution in [0.3, 0.4) is 0 Å². The topological polar surface area (TPSA) is 62.9 Å². The van der Waals surface area contributed by atoms with Gasteiger partial charge in [0.05, 0.1) is 12.2 Å². The molecule has 1 aromatic carbocycles. The number of ether oxygens (including phenoxy) is 1. The number of aromatic nitrogens is 1. The Morgan fingerprint density at radius 1 is 1.33 bits per heavy atom. The van der Waals surface area contributed by atoms with E-state index in [0.717, 1.165) is 29.5 Å². The maximum Gasteiger partial charge on any atom is 0.193 e. The molecular weight excluding hydrogens is 462 g/mol. The number of hydrogen-bond donors (Lipinski definition) is 1. The molecule has 150 valence electrons. The lowest BCUT2D eigenvalue weighted by molar-refractivity contribution is 0.281. The molecule has 0 fully saturated rings. The molecule has 1 heterocycles. The minimum absolute atomic E-state index is 0. The van der Waals surface area contributed by atoms with Crippen LogP contribution >= 0.6 is 24.0 Å². The first-order valence-corrected chi connectivity index (χ1v) is 8.65. The minimum Gasteiger partial charge on any atom is -0.492 e. The zero-order chi connectivity index (χ0) is 19.1. The number of hydrogen-bond acceptors (Lipinski definition) is 4. The Morgan fingerprint density at radius 2 is 2.00 bits per heavy atom. The van der Waals surface area contributed by atoms with Crippen LogP contribution in [-0.2, 0) is 0 Å². The summed E-state index contributed by atoms with van der Waals surface area (Å²) >= 11 is 0. The van der Waals surface area contributed by atoms with Crippen LogP contribution in [0.2, 0.25) is 0 Å². The van der Waals surface area contributed by atoms with Gasteiger partial charge in [-0.15, -0.1) is 24.0 Å². The maximum absolute atomic E-state index is 12.9. The Hall–Kier alpha value is -1.84. The number of nitrogens with zero attached hydrogens (tertiary/aromatic N) is 3. The number of rotatable bonds is 7. The van der Waals surface area contributed by atoms with Gasteiger partial charge in [0.2, 0.25) is 0 Å². The zero-order valence-electron chi connectivity index (χ0n) is 16.5.